The largest absolute Gasteiger partial charge is 0.455 e. The fraction of sp³-hybridized carbons (Fsp3) is 0.481. The predicted octanol–water partition coefficient (Wildman–Crippen LogP) is 5.77. The highest BCUT2D eigenvalue weighted by molar-refractivity contribution is 5.96. The minimum atomic E-state index is -2.47. The van der Waals surface area contributed by atoms with E-state index >= 15 is 9.59 Å². The van der Waals surface area contributed by atoms with Gasteiger partial charge in [-0.2, -0.15) is 0 Å². The maximum atomic E-state index is 15.7. The van der Waals surface area contributed by atoms with Gasteiger partial charge >= 0.3 is 29.8 Å². The predicted molar refractivity (Wildman–Crippen MR) is 249 cm³/mol. The van der Waals surface area contributed by atoms with Crippen LogP contribution in [0.1, 0.15) is 106 Å². The van der Waals surface area contributed by atoms with E-state index in [4.69, 9.17) is 34.0 Å². The molecule has 2 saturated carbocycles. The highest BCUT2D eigenvalue weighted by atomic mass is 16.6. The Balaban J connectivity index is 1.40. The molecular formula is C52H58N4O15. The molecule has 3 aromatic rings. The average molecular weight is 979 g/mol. The molecule has 3 N–H and O–H groups in total. The minimum absolute atomic E-state index is 0.0405. The van der Waals surface area contributed by atoms with Crippen molar-refractivity contribution in [3.05, 3.63) is 129 Å². The Morgan fingerprint density at radius 1 is 0.873 bits per heavy atom. The number of Topliss-reactive ketones (excluding diaryl/α,β-unsaturated/α-hetero) is 1. The van der Waals surface area contributed by atoms with E-state index in [1.807, 2.05) is 0 Å². The third-order valence-electron chi connectivity index (χ3n) is 14.7. The first-order valence-electron chi connectivity index (χ1n) is 23.4. The summed E-state index contributed by atoms with van der Waals surface area (Å²) in [5, 5.41) is 32.4. The molecule has 1 aliphatic heterocycles. The van der Waals surface area contributed by atoms with Crippen LogP contribution in [0.4, 0.5) is 0 Å². The van der Waals surface area contributed by atoms with Crippen LogP contribution in [-0.2, 0) is 52.4 Å². The van der Waals surface area contributed by atoms with Crippen LogP contribution < -0.4 is 5.32 Å². The number of rotatable bonds is 16. The normalized spacial score (nSPS) is 29.0. The molecule has 3 fully saturated rings. The summed E-state index contributed by atoms with van der Waals surface area (Å²) in [6, 6.07) is 22.7. The summed E-state index contributed by atoms with van der Waals surface area (Å²) in [5.41, 5.74) is 1.27. The Bertz CT molecular complexity index is 2620. The van der Waals surface area contributed by atoms with Gasteiger partial charge in [0.2, 0.25) is 6.10 Å². The summed E-state index contributed by atoms with van der Waals surface area (Å²) in [5.74, 6) is -7.92. The molecule has 19 nitrogen and oxygen atoms in total. The van der Waals surface area contributed by atoms with Crippen molar-refractivity contribution in [2.24, 2.45) is 21.9 Å². The topological polar surface area (TPSA) is 276 Å². The molecule has 376 valence electrons. The summed E-state index contributed by atoms with van der Waals surface area (Å²) >= 11 is 0. The lowest BCUT2D eigenvalue weighted by atomic mass is 9.44. The van der Waals surface area contributed by atoms with E-state index < -0.39 is 119 Å². The number of ether oxygens (including phenoxy) is 6. The molecule has 3 aromatic carbocycles. The summed E-state index contributed by atoms with van der Waals surface area (Å²) in [4.78, 5) is 102. The van der Waals surface area contributed by atoms with Crippen LogP contribution >= 0.6 is 0 Å². The van der Waals surface area contributed by atoms with Crippen LogP contribution in [-0.4, -0.2) is 113 Å². The molecule has 11 atom stereocenters. The Kier molecular flexibility index (Phi) is 15.2. The highest BCUT2D eigenvalue weighted by Crippen LogP contribution is 2.64. The zero-order valence-electron chi connectivity index (χ0n) is 40.3. The second kappa shape index (κ2) is 20.8. The molecule has 19 heteroatoms. The van der Waals surface area contributed by atoms with Gasteiger partial charge < -0.3 is 44.0 Å². The number of carbonyl (C=O) groups excluding carboxylic acids is 7. The van der Waals surface area contributed by atoms with Crippen LogP contribution in [0.25, 0.3) is 10.4 Å². The number of azide groups is 1. The van der Waals surface area contributed by atoms with Crippen molar-refractivity contribution < 1.29 is 72.2 Å². The van der Waals surface area contributed by atoms with Crippen LogP contribution in [0.2, 0.25) is 0 Å². The average Bonchev–Trinajstić information content (AvgIpc) is 3.33. The van der Waals surface area contributed by atoms with Crippen molar-refractivity contribution in [2.75, 3.05) is 13.2 Å². The fourth-order valence-electron chi connectivity index (χ4n) is 11.0. The number of ketones is 1. The van der Waals surface area contributed by atoms with E-state index in [-0.39, 0.29) is 54.7 Å². The number of benzene rings is 3. The summed E-state index contributed by atoms with van der Waals surface area (Å²) in [7, 11) is 0. The van der Waals surface area contributed by atoms with E-state index in [2.05, 4.69) is 15.3 Å². The van der Waals surface area contributed by atoms with Gasteiger partial charge in [-0.05, 0) is 73.2 Å². The SMILES string of the molecule is CC(=O)O[C@H]1C(=O)[C@@]2(C)[C@H]([C@H](OC(=O)c3ccccc3)[C@]3(O)C[C@H](OC(=O)[C@H](OC(=O)CCCCN=[N+]=[N-])[C@@H](NC(=O)c4ccccc4)c4ccccc4)C(C)=C1C3(C)C)[C@]1(OC(C)=O)CO[C@@H]1C[C@@H]2O. The number of carbonyl (C=O) groups is 7. The molecule has 1 saturated heterocycles. The third kappa shape index (κ3) is 9.79. The van der Waals surface area contributed by atoms with Crippen LogP contribution in [0, 0.1) is 16.7 Å². The fourth-order valence-corrected chi connectivity index (χ4v) is 11.0. The van der Waals surface area contributed by atoms with Gasteiger partial charge in [-0.15, -0.1) is 0 Å². The van der Waals surface area contributed by atoms with Crippen molar-refractivity contribution in [2.45, 2.75) is 128 Å². The number of nitrogens with zero attached hydrogens (tertiary/aromatic N) is 3. The maximum Gasteiger partial charge on any atom is 0.350 e. The molecule has 0 spiro atoms. The second-order valence-corrected chi connectivity index (χ2v) is 19.2. The minimum Gasteiger partial charge on any atom is -0.455 e. The van der Waals surface area contributed by atoms with E-state index in [1.54, 1.807) is 92.7 Å². The van der Waals surface area contributed by atoms with Crippen molar-refractivity contribution >= 4 is 41.5 Å². The lowest BCUT2D eigenvalue weighted by molar-refractivity contribution is -0.346. The third-order valence-corrected chi connectivity index (χ3v) is 14.7. The molecule has 0 aromatic heterocycles. The van der Waals surface area contributed by atoms with Crippen molar-refractivity contribution in [1.29, 1.82) is 0 Å². The molecule has 0 radical (unpaired) electrons. The molecule has 3 aliphatic carbocycles. The number of aliphatic hydroxyl groups excluding tert-OH is 1. The van der Waals surface area contributed by atoms with Gasteiger partial charge in [-0.1, -0.05) is 85.7 Å². The Hall–Kier alpha value is -6.92. The number of fused-ring (bicyclic) bond motifs is 5. The molecule has 0 unspecified atom stereocenters. The Labute approximate surface area is 409 Å². The first-order chi connectivity index (χ1) is 33.7. The van der Waals surface area contributed by atoms with Gasteiger partial charge in [0.05, 0.1) is 29.6 Å². The number of amides is 1. The molecule has 7 rings (SSSR count). The number of nitrogens with one attached hydrogen (secondary N) is 1. The van der Waals surface area contributed by atoms with Crippen LogP contribution in [0.5, 0.6) is 0 Å². The summed E-state index contributed by atoms with van der Waals surface area (Å²) < 4.78 is 36.7. The van der Waals surface area contributed by atoms with Crippen LogP contribution in [0.3, 0.4) is 0 Å². The first kappa shape index (κ1) is 51.9. The van der Waals surface area contributed by atoms with E-state index in [0.29, 0.717) is 12.0 Å². The standard InChI is InChI=1S/C52H58N4O15/c1-29-35(68-48(64)42(69-38(60)24-16-17-25-54-56-53)40(32-18-10-7-11-19-32)55-46(62)33-20-12-8-13-21-33)27-52(65)45(70-47(63)34-22-14-9-15-23-34)43-50(6,36(59)26-37-51(43,28-66-37)71-31(3)58)44(61)41(67-30(2)57)39(29)49(52,4)5/h7-15,18-23,35-37,40-43,45,59,65H,16-17,24-28H2,1-6H3,(H,55,62)/t35-,36-,37+,40-,41+,42+,43-,45-,50+,51-,52+/m0/s1. The molecule has 1 amide bonds. The molecule has 4 aliphatic rings. The van der Waals surface area contributed by atoms with Gasteiger partial charge in [0.25, 0.3) is 5.91 Å². The zero-order chi connectivity index (χ0) is 51.5. The number of esters is 5. The van der Waals surface area contributed by atoms with E-state index in [9.17, 15) is 34.2 Å². The smallest absolute Gasteiger partial charge is 0.350 e. The van der Waals surface area contributed by atoms with Crippen molar-refractivity contribution in [1.82, 2.24) is 5.32 Å². The highest BCUT2D eigenvalue weighted by Gasteiger charge is 2.78. The van der Waals surface area contributed by atoms with Gasteiger partial charge in [0, 0.05) is 55.5 Å². The lowest BCUT2D eigenvalue weighted by Crippen LogP contribution is -2.82. The van der Waals surface area contributed by atoms with Crippen LogP contribution in [0.15, 0.2) is 107 Å². The van der Waals surface area contributed by atoms with Gasteiger partial charge in [0.1, 0.15) is 30.0 Å². The molecular weight excluding hydrogens is 921 g/mol. The quantitative estimate of drug-likeness (QED) is 0.0292. The van der Waals surface area contributed by atoms with Gasteiger partial charge in [-0.3, -0.25) is 24.0 Å². The lowest BCUT2D eigenvalue weighted by Gasteiger charge is -2.67. The van der Waals surface area contributed by atoms with Gasteiger partial charge in [-0.25, -0.2) is 9.59 Å². The van der Waals surface area contributed by atoms with E-state index in [0.717, 1.165) is 13.8 Å². The monoisotopic (exact) mass is 978 g/mol. The number of unbranched alkanes of at least 4 members (excludes halogenated alkanes) is 1. The number of hydrogen-bond donors (Lipinski definition) is 3. The van der Waals surface area contributed by atoms with Crippen molar-refractivity contribution in [3.63, 3.8) is 0 Å². The molecule has 71 heavy (non-hydrogen) atoms. The molecule has 1 heterocycles. The van der Waals surface area contributed by atoms with Gasteiger partial charge in [0.15, 0.2) is 17.5 Å². The Morgan fingerprint density at radius 2 is 1.49 bits per heavy atom. The zero-order valence-corrected chi connectivity index (χ0v) is 40.3. The maximum absolute atomic E-state index is 15.7. The number of hydrogen-bond acceptors (Lipinski definition) is 16. The number of aliphatic hydroxyl groups is 2. The second-order valence-electron chi connectivity index (χ2n) is 19.2. The summed E-state index contributed by atoms with van der Waals surface area (Å²) in [6.07, 6.45) is -10.5. The van der Waals surface area contributed by atoms with E-state index in [1.165, 1.54) is 26.0 Å². The first-order valence-corrected chi connectivity index (χ1v) is 23.4. The summed E-state index contributed by atoms with van der Waals surface area (Å²) in [6.45, 7) is 7.94. The Morgan fingerprint density at radius 3 is 2.07 bits per heavy atom. The molecule has 2 bridgehead atoms. The van der Waals surface area contributed by atoms with Crippen molar-refractivity contribution in [3.8, 4) is 0 Å².